The molecule has 0 aliphatic carbocycles. The summed E-state index contributed by atoms with van der Waals surface area (Å²) in [6.07, 6.45) is 3.29. The fourth-order valence-corrected chi connectivity index (χ4v) is 3.26. The van der Waals surface area contributed by atoms with Crippen LogP contribution < -0.4 is 0 Å². The maximum atomic E-state index is 11.9. The number of thiophene rings is 1. The van der Waals surface area contributed by atoms with Crippen LogP contribution in [-0.2, 0) is 0 Å². The first-order valence-corrected chi connectivity index (χ1v) is 7.19. The number of hydrogen-bond donors (Lipinski definition) is 1. The average Bonchev–Trinajstić information content (AvgIpc) is 3.05. The van der Waals surface area contributed by atoms with Crippen molar-refractivity contribution in [2.45, 2.75) is 5.03 Å². The molecular formula is C12H9N3OS2. The Morgan fingerprint density at radius 3 is 3.17 bits per heavy atom. The number of carbonyl (C=O) groups excluding carboxylic acids is 1. The summed E-state index contributed by atoms with van der Waals surface area (Å²) < 4.78 is 0. The highest BCUT2D eigenvalue weighted by atomic mass is 32.2. The number of nitrogens with zero attached hydrogens (tertiary/aromatic N) is 2. The highest BCUT2D eigenvalue weighted by molar-refractivity contribution is 8.00. The van der Waals surface area contributed by atoms with Crippen LogP contribution in [0.1, 0.15) is 10.5 Å². The lowest BCUT2D eigenvalue weighted by molar-refractivity contribution is 0.101. The predicted octanol–water partition coefficient (Wildman–Crippen LogP) is 2.99. The Labute approximate surface area is 111 Å². The highest BCUT2D eigenvalue weighted by Gasteiger charge is 2.10. The van der Waals surface area contributed by atoms with Gasteiger partial charge in [-0.2, -0.15) is 0 Å². The minimum atomic E-state index is 0.0759. The van der Waals surface area contributed by atoms with Crippen molar-refractivity contribution in [3.63, 3.8) is 0 Å². The first-order valence-electron chi connectivity index (χ1n) is 5.32. The second-order valence-corrected chi connectivity index (χ2v) is 5.47. The van der Waals surface area contributed by atoms with Crippen molar-refractivity contribution in [3.8, 4) is 0 Å². The standard InChI is InChI=1S/C12H9N3OS2/c16-10(9-2-1-4-13-9)6-18-12-8-3-5-17-11(8)14-7-15-12/h1-5,7,13H,6H2. The molecule has 3 aromatic heterocycles. The lowest BCUT2D eigenvalue weighted by Crippen LogP contribution is -2.02. The Kier molecular flexibility index (Phi) is 3.12. The number of rotatable bonds is 4. The van der Waals surface area contributed by atoms with Crippen LogP contribution in [0, 0.1) is 0 Å². The predicted molar refractivity (Wildman–Crippen MR) is 73.3 cm³/mol. The molecule has 3 rings (SSSR count). The summed E-state index contributed by atoms with van der Waals surface area (Å²) in [5, 5.41) is 3.86. The zero-order chi connectivity index (χ0) is 12.4. The molecule has 0 radical (unpaired) electrons. The first-order chi connectivity index (χ1) is 8.84. The smallest absolute Gasteiger partial charge is 0.189 e. The lowest BCUT2D eigenvalue weighted by Gasteiger charge is -2.00. The van der Waals surface area contributed by atoms with Crippen LogP contribution in [0.2, 0.25) is 0 Å². The van der Waals surface area contributed by atoms with Gasteiger partial charge in [-0.25, -0.2) is 9.97 Å². The number of nitrogens with one attached hydrogen (secondary N) is 1. The Hall–Kier alpha value is -1.66. The molecule has 4 nitrogen and oxygen atoms in total. The quantitative estimate of drug-likeness (QED) is 0.452. The van der Waals surface area contributed by atoms with E-state index in [2.05, 4.69) is 15.0 Å². The number of hydrogen-bond acceptors (Lipinski definition) is 5. The maximum absolute atomic E-state index is 11.9. The van der Waals surface area contributed by atoms with Crippen molar-refractivity contribution in [1.82, 2.24) is 15.0 Å². The molecule has 0 fully saturated rings. The van der Waals surface area contributed by atoms with Crippen LogP contribution in [0.4, 0.5) is 0 Å². The van der Waals surface area contributed by atoms with E-state index in [0.29, 0.717) is 11.4 Å². The molecular weight excluding hydrogens is 266 g/mol. The molecule has 1 N–H and O–H groups in total. The lowest BCUT2D eigenvalue weighted by atomic mass is 10.3. The monoisotopic (exact) mass is 275 g/mol. The molecule has 0 amide bonds. The van der Waals surface area contributed by atoms with E-state index in [9.17, 15) is 4.79 Å². The third-order valence-corrected chi connectivity index (χ3v) is 4.29. The molecule has 0 unspecified atom stereocenters. The maximum Gasteiger partial charge on any atom is 0.189 e. The molecule has 3 heterocycles. The number of aromatic amines is 1. The summed E-state index contributed by atoms with van der Waals surface area (Å²) in [5.74, 6) is 0.453. The van der Waals surface area contributed by atoms with Crippen molar-refractivity contribution in [2.24, 2.45) is 0 Å². The Balaban J connectivity index is 1.77. The molecule has 0 atom stereocenters. The van der Waals surface area contributed by atoms with Gasteiger partial charge >= 0.3 is 0 Å². The molecule has 0 aliphatic rings. The van der Waals surface area contributed by atoms with Gasteiger partial charge in [-0.3, -0.25) is 4.79 Å². The average molecular weight is 275 g/mol. The van der Waals surface area contributed by atoms with E-state index >= 15 is 0 Å². The van der Waals surface area contributed by atoms with Gasteiger partial charge in [-0.15, -0.1) is 11.3 Å². The molecule has 6 heteroatoms. The SMILES string of the molecule is O=C(CSc1ncnc2sccc12)c1ccc[nH]1. The van der Waals surface area contributed by atoms with Crippen LogP contribution in [0.3, 0.4) is 0 Å². The highest BCUT2D eigenvalue weighted by Crippen LogP contribution is 2.27. The Morgan fingerprint density at radius 2 is 2.33 bits per heavy atom. The molecule has 0 saturated heterocycles. The van der Waals surface area contributed by atoms with Crippen molar-refractivity contribution in [3.05, 3.63) is 41.8 Å². The van der Waals surface area contributed by atoms with Crippen LogP contribution >= 0.6 is 23.1 Å². The van der Waals surface area contributed by atoms with E-state index in [1.165, 1.54) is 11.8 Å². The third kappa shape index (κ3) is 2.16. The van der Waals surface area contributed by atoms with Gasteiger partial charge in [0.2, 0.25) is 0 Å². The third-order valence-electron chi connectivity index (χ3n) is 2.46. The molecule has 0 saturated carbocycles. The van der Waals surface area contributed by atoms with Crippen LogP contribution in [0.15, 0.2) is 41.1 Å². The van der Waals surface area contributed by atoms with Gasteiger partial charge < -0.3 is 4.98 Å². The molecule has 0 aliphatic heterocycles. The fourth-order valence-electron chi connectivity index (χ4n) is 1.60. The minimum absolute atomic E-state index is 0.0759. The molecule has 0 aromatic carbocycles. The second kappa shape index (κ2) is 4.91. The van der Waals surface area contributed by atoms with E-state index in [1.54, 1.807) is 29.9 Å². The van der Waals surface area contributed by atoms with Crippen molar-refractivity contribution < 1.29 is 4.79 Å². The first kappa shape index (κ1) is 11.4. The zero-order valence-electron chi connectivity index (χ0n) is 9.29. The summed E-state index contributed by atoms with van der Waals surface area (Å²) in [6.45, 7) is 0. The van der Waals surface area contributed by atoms with E-state index < -0.39 is 0 Å². The molecule has 0 bridgehead atoms. The summed E-state index contributed by atoms with van der Waals surface area (Å²) in [4.78, 5) is 24.1. The topological polar surface area (TPSA) is 58.6 Å². The van der Waals surface area contributed by atoms with Gasteiger partial charge in [0.25, 0.3) is 0 Å². The number of Topliss-reactive ketones (excluding diaryl/α,β-unsaturated/α-hetero) is 1. The van der Waals surface area contributed by atoms with Gasteiger partial charge in [-0.1, -0.05) is 11.8 Å². The molecule has 3 aromatic rings. The summed E-state index contributed by atoms with van der Waals surface area (Å²) in [5.41, 5.74) is 0.637. The number of thioether (sulfide) groups is 1. The Morgan fingerprint density at radius 1 is 1.39 bits per heavy atom. The van der Waals surface area contributed by atoms with Gasteiger partial charge in [0.05, 0.1) is 11.4 Å². The fraction of sp³-hybridized carbons (Fsp3) is 0.0833. The normalized spacial score (nSPS) is 10.9. The Bertz CT molecular complexity index is 676. The summed E-state index contributed by atoms with van der Waals surface area (Å²) in [7, 11) is 0. The van der Waals surface area contributed by atoms with Crippen LogP contribution in [0.25, 0.3) is 10.2 Å². The van der Waals surface area contributed by atoms with E-state index in [1.807, 2.05) is 17.5 Å². The van der Waals surface area contributed by atoms with Gasteiger partial charge in [0, 0.05) is 11.6 Å². The summed E-state index contributed by atoms with van der Waals surface area (Å²) >= 11 is 3.02. The van der Waals surface area contributed by atoms with Crippen molar-refractivity contribution >= 4 is 39.1 Å². The zero-order valence-corrected chi connectivity index (χ0v) is 10.9. The molecule has 18 heavy (non-hydrogen) atoms. The number of aromatic nitrogens is 3. The van der Waals surface area contributed by atoms with E-state index in [0.717, 1.165) is 15.2 Å². The second-order valence-electron chi connectivity index (χ2n) is 3.61. The van der Waals surface area contributed by atoms with E-state index in [-0.39, 0.29) is 5.78 Å². The van der Waals surface area contributed by atoms with Gasteiger partial charge in [0.1, 0.15) is 16.2 Å². The summed E-state index contributed by atoms with van der Waals surface area (Å²) in [6, 6.07) is 5.59. The van der Waals surface area contributed by atoms with Crippen molar-refractivity contribution in [1.29, 1.82) is 0 Å². The number of ketones is 1. The number of fused-ring (bicyclic) bond motifs is 1. The minimum Gasteiger partial charge on any atom is -0.359 e. The van der Waals surface area contributed by atoms with Crippen LogP contribution in [0.5, 0.6) is 0 Å². The molecule has 0 spiro atoms. The number of H-pyrrole nitrogens is 1. The molecule has 90 valence electrons. The largest absolute Gasteiger partial charge is 0.359 e. The van der Waals surface area contributed by atoms with Gasteiger partial charge in [-0.05, 0) is 23.6 Å². The van der Waals surface area contributed by atoms with E-state index in [4.69, 9.17) is 0 Å². The van der Waals surface area contributed by atoms with Gasteiger partial charge in [0.15, 0.2) is 5.78 Å². The van der Waals surface area contributed by atoms with Crippen LogP contribution in [-0.4, -0.2) is 26.5 Å². The van der Waals surface area contributed by atoms with Crippen molar-refractivity contribution in [2.75, 3.05) is 5.75 Å². The number of carbonyl (C=O) groups is 1.